The van der Waals surface area contributed by atoms with Gasteiger partial charge in [-0.1, -0.05) is 12.1 Å². The summed E-state index contributed by atoms with van der Waals surface area (Å²) in [5, 5.41) is 6.62. The van der Waals surface area contributed by atoms with Crippen LogP contribution in [-0.2, 0) is 6.18 Å². The summed E-state index contributed by atoms with van der Waals surface area (Å²) in [4.78, 5) is 16.7. The molecule has 1 atom stereocenters. The minimum absolute atomic E-state index is 0.193. The summed E-state index contributed by atoms with van der Waals surface area (Å²) in [5.41, 5.74) is -0.919. The molecule has 1 aromatic carbocycles. The lowest BCUT2D eigenvalue weighted by molar-refractivity contribution is -0.140. The molecule has 0 unspecified atom stereocenters. The second-order valence-electron chi connectivity index (χ2n) is 5.91. The number of carbonyl (C=O) groups excluding carboxylic acids is 1. The molecule has 0 fully saturated rings. The molecule has 10 heteroatoms. The smallest absolute Gasteiger partial charge is 0.345 e. The van der Waals surface area contributed by atoms with E-state index in [0.29, 0.717) is 22.0 Å². The molecule has 0 aliphatic heterocycles. The third-order valence-electron chi connectivity index (χ3n) is 3.90. The van der Waals surface area contributed by atoms with Crippen molar-refractivity contribution < 1.29 is 22.4 Å². The number of aryl methyl sites for hydroxylation is 1. The molecule has 5 nitrogen and oxygen atoms in total. The molecule has 3 rings (SSSR count). The van der Waals surface area contributed by atoms with E-state index in [4.69, 9.17) is 0 Å². The molecule has 0 radical (unpaired) electrons. The number of halogens is 5. The first kappa shape index (κ1) is 19.3. The van der Waals surface area contributed by atoms with Crippen molar-refractivity contribution in [3.8, 4) is 0 Å². The van der Waals surface area contributed by atoms with Crippen LogP contribution in [0.2, 0.25) is 0 Å². The lowest BCUT2D eigenvalue weighted by Gasteiger charge is -2.18. The van der Waals surface area contributed by atoms with E-state index in [-0.39, 0.29) is 11.1 Å². The van der Waals surface area contributed by atoms with Gasteiger partial charge in [0.25, 0.3) is 5.91 Å². The first-order valence-corrected chi connectivity index (χ1v) is 8.56. The van der Waals surface area contributed by atoms with Gasteiger partial charge in [0.2, 0.25) is 0 Å². The summed E-state index contributed by atoms with van der Waals surface area (Å²) in [6, 6.07) is 3.49. The van der Waals surface area contributed by atoms with Crippen LogP contribution >= 0.6 is 15.9 Å². The number of fused-ring (bicyclic) bond motifs is 1. The predicted octanol–water partition coefficient (Wildman–Crippen LogP) is 4.45. The zero-order valence-corrected chi connectivity index (χ0v) is 15.7. The number of amides is 1. The van der Waals surface area contributed by atoms with Crippen LogP contribution < -0.4 is 5.32 Å². The number of rotatable bonds is 3. The number of benzene rings is 1. The Hall–Kier alpha value is -2.49. The van der Waals surface area contributed by atoms with Gasteiger partial charge < -0.3 is 5.32 Å². The Labute approximate surface area is 159 Å². The van der Waals surface area contributed by atoms with E-state index in [0.717, 1.165) is 6.07 Å². The summed E-state index contributed by atoms with van der Waals surface area (Å²) < 4.78 is 54.8. The maximum absolute atomic E-state index is 14.2. The van der Waals surface area contributed by atoms with Gasteiger partial charge in [0.1, 0.15) is 11.6 Å². The Bertz CT molecular complexity index is 1030. The molecule has 0 bridgehead atoms. The van der Waals surface area contributed by atoms with Crippen molar-refractivity contribution in [3.05, 3.63) is 63.3 Å². The number of nitrogens with one attached hydrogen (secondary N) is 1. The summed E-state index contributed by atoms with van der Waals surface area (Å²) in [6.45, 7) is 3.10. The van der Waals surface area contributed by atoms with Gasteiger partial charge in [-0.05, 0) is 41.9 Å². The average Bonchev–Trinajstić information content (AvgIpc) is 2.94. The van der Waals surface area contributed by atoms with Crippen LogP contribution in [0.5, 0.6) is 0 Å². The average molecular weight is 445 g/mol. The van der Waals surface area contributed by atoms with Crippen LogP contribution in [0, 0.1) is 12.7 Å². The molecule has 1 N–H and O–H groups in total. The van der Waals surface area contributed by atoms with Crippen molar-refractivity contribution >= 4 is 27.5 Å². The molecule has 142 valence electrons. The van der Waals surface area contributed by atoms with E-state index in [9.17, 15) is 22.4 Å². The standard InChI is InChI=1S/C17H13BrF4N4O/c1-8(11-4-3-5-12(14(11)19)17(20,21)22)23-16(27)10-6-13(18)15-24-9(2)25-26(15)7-10/h3-8H,1-2H3,(H,23,27)/t8-/m1/s1. The number of pyridine rings is 1. The van der Waals surface area contributed by atoms with Crippen LogP contribution in [0.1, 0.15) is 40.3 Å². The number of hydrogen-bond donors (Lipinski definition) is 1. The second-order valence-corrected chi connectivity index (χ2v) is 6.76. The van der Waals surface area contributed by atoms with Gasteiger partial charge in [-0.15, -0.1) is 0 Å². The van der Waals surface area contributed by atoms with Gasteiger partial charge in [-0.25, -0.2) is 13.9 Å². The van der Waals surface area contributed by atoms with Gasteiger partial charge in [-0.3, -0.25) is 4.79 Å². The number of alkyl halides is 3. The first-order chi connectivity index (χ1) is 12.6. The molecule has 0 saturated heterocycles. The fraction of sp³-hybridized carbons (Fsp3) is 0.235. The van der Waals surface area contributed by atoms with E-state index in [1.807, 2.05) is 0 Å². The lowest BCUT2D eigenvalue weighted by Crippen LogP contribution is -2.28. The minimum Gasteiger partial charge on any atom is -0.345 e. The van der Waals surface area contributed by atoms with Crippen LogP contribution in [-0.4, -0.2) is 20.5 Å². The number of aromatic nitrogens is 3. The predicted molar refractivity (Wildman–Crippen MR) is 92.7 cm³/mol. The van der Waals surface area contributed by atoms with Crippen LogP contribution in [0.15, 0.2) is 34.9 Å². The Morgan fingerprint density at radius 1 is 1.33 bits per heavy atom. The Morgan fingerprint density at radius 2 is 2.04 bits per heavy atom. The molecule has 0 saturated carbocycles. The van der Waals surface area contributed by atoms with Crippen LogP contribution in [0.4, 0.5) is 17.6 Å². The molecule has 3 aromatic rings. The quantitative estimate of drug-likeness (QED) is 0.607. The van der Waals surface area contributed by atoms with Crippen molar-refractivity contribution in [1.29, 1.82) is 0 Å². The molecule has 27 heavy (non-hydrogen) atoms. The fourth-order valence-corrected chi connectivity index (χ4v) is 3.16. The van der Waals surface area contributed by atoms with Crippen LogP contribution in [0.25, 0.3) is 5.65 Å². The number of nitrogens with zero attached hydrogens (tertiary/aromatic N) is 3. The first-order valence-electron chi connectivity index (χ1n) is 7.77. The molecule has 1 amide bonds. The molecular formula is C17H13BrF4N4O. The number of hydrogen-bond acceptors (Lipinski definition) is 3. The molecule has 2 heterocycles. The second kappa shape index (κ2) is 6.91. The number of carbonyl (C=O) groups is 1. The van der Waals surface area contributed by atoms with E-state index < -0.39 is 29.5 Å². The van der Waals surface area contributed by atoms with E-state index in [2.05, 4.69) is 31.3 Å². The maximum atomic E-state index is 14.2. The Balaban J connectivity index is 1.88. The molecular weight excluding hydrogens is 432 g/mol. The summed E-state index contributed by atoms with van der Waals surface area (Å²) in [5.74, 6) is -1.48. The van der Waals surface area contributed by atoms with Gasteiger partial charge in [0, 0.05) is 11.8 Å². The van der Waals surface area contributed by atoms with E-state index in [1.165, 1.54) is 29.8 Å². The molecule has 0 aliphatic carbocycles. The highest BCUT2D eigenvalue weighted by Gasteiger charge is 2.35. The largest absolute Gasteiger partial charge is 0.419 e. The fourth-order valence-electron chi connectivity index (χ4n) is 2.64. The van der Waals surface area contributed by atoms with Crippen molar-refractivity contribution in [2.24, 2.45) is 0 Å². The van der Waals surface area contributed by atoms with Gasteiger partial charge >= 0.3 is 6.18 Å². The third kappa shape index (κ3) is 3.80. The summed E-state index contributed by atoms with van der Waals surface area (Å²) in [7, 11) is 0. The topological polar surface area (TPSA) is 59.3 Å². The van der Waals surface area contributed by atoms with Crippen molar-refractivity contribution in [1.82, 2.24) is 19.9 Å². The maximum Gasteiger partial charge on any atom is 0.419 e. The minimum atomic E-state index is -4.81. The van der Waals surface area contributed by atoms with Crippen molar-refractivity contribution in [2.75, 3.05) is 0 Å². The highest BCUT2D eigenvalue weighted by molar-refractivity contribution is 9.10. The van der Waals surface area contributed by atoms with Crippen molar-refractivity contribution in [3.63, 3.8) is 0 Å². The Morgan fingerprint density at radius 3 is 2.70 bits per heavy atom. The van der Waals surface area contributed by atoms with Crippen molar-refractivity contribution in [2.45, 2.75) is 26.1 Å². The van der Waals surface area contributed by atoms with Gasteiger partial charge in [-0.2, -0.15) is 18.3 Å². The van der Waals surface area contributed by atoms with E-state index >= 15 is 0 Å². The normalized spacial score (nSPS) is 13.0. The molecule has 0 aliphatic rings. The van der Waals surface area contributed by atoms with E-state index in [1.54, 1.807) is 6.92 Å². The third-order valence-corrected chi connectivity index (χ3v) is 4.49. The molecule has 0 spiro atoms. The monoisotopic (exact) mass is 444 g/mol. The molecule has 2 aromatic heterocycles. The summed E-state index contributed by atoms with van der Waals surface area (Å²) >= 11 is 3.30. The van der Waals surface area contributed by atoms with Crippen LogP contribution in [0.3, 0.4) is 0 Å². The van der Waals surface area contributed by atoms with Gasteiger partial charge in [0.05, 0.1) is 21.6 Å². The zero-order valence-electron chi connectivity index (χ0n) is 14.1. The Kier molecular flexibility index (Phi) is 4.94. The lowest BCUT2D eigenvalue weighted by atomic mass is 10.0. The van der Waals surface area contributed by atoms with Gasteiger partial charge in [0.15, 0.2) is 5.65 Å². The zero-order chi connectivity index (χ0) is 19.9. The SMILES string of the molecule is Cc1nc2c(Br)cc(C(=O)N[C@H](C)c3cccc(C(F)(F)F)c3F)cn2n1. The highest BCUT2D eigenvalue weighted by Crippen LogP contribution is 2.34. The summed E-state index contributed by atoms with van der Waals surface area (Å²) in [6.07, 6.45) is -3.38. The highest BCUT2D eigenvalue weighted by atomic mass is 79.9.